The molecule has 0 saturated carbocycles. The molecule has 0 saturated heterocycles. The number of carboxylic acid groups (broad SMARTS) is 1. The summed E-state index contributed by atoms with van der Waals surface area (Å²) in [7, 11) is 0. The second kappa shape index (κ2) is 9.17. The van der Waals surface area contributed by atoms with Gasteiger partial charge in [0.15, 0.2) is 0 Å². The third-order valence-corrected chi connectivity index (χ3v) is 3.34. The molecule has 7 heteroatoms. The van der Waals surface area contributed by atoms with Crippen molar-refractivity contribution in [2.75, 3.05) is 6.54 Å². The van der Waals surface area contributed by atoms with Gasteiger partial charge in [-0.15, -0.1) is 0 Å². The smallest absolute Gasteiger partial charge is 0.319 e. The zero-order valence-electron chi connectivity index (χ0n) is 14.9. The zero-order valence-corrected chi connectivity index (χ0v) is 14.9. The van der Waals surface area contributed by atoms with Gasteiger partial charge in [-0.05, 0) is 39.2 Å². The van der Waals surface area contributed by atoms with Gasteiger partial charge in [-0.25, -0.2) is 5.84 Å². The Morgan fingerprint density at radius 2 is 1.80 bits per heavy atom. The fourth-order valence-electron chi connectivity index (χ4n) is 2.21. The molecule has 0 radical (unpaired) electrons. The van der Waals surface area contributed by atoms with Crippen LogP contribution in [0.3, 0.4) is 0 Å². The maximum absolute atomic E-state index is 12.6. The van der Waals surface area contributed by atoms with E-state index in [9.17, 15) is 14.4 Å². The van der Waals surface area contributed by atoms with Crippen LogP contribution in [0.2, 0.25) is 0 Å². The minimum Gasteiger partial charge on any atom is -0.481 e. The van der Waals surface area contributed by atoms with Crippen LogP contribution in [0.15, 0.2) is 30.3 Å². The summed E-state index contributed by atoms with van der Waals surface area (Å²) in [5.41, 5.74) is 0.0836. The molecule has 0 aliphatic carbocycles. The first-order chi connectivity index (χ1) is 11.6. The number of hydrogen-bond donors (Lipinski definition) is 2. The number of hydrogen-bond acceptors (Lipinski definition) is 5. The van der Waals surface area contributed by atoms with Crippen molar-refractivity contribution in [3.8, 4) is 0 Å². The number of esters is 1. The van der Waals surface area contributed by atoms with Gasteiger partial charge in [0.1, 0.15) is 11.5 Å². The lowest BCUT2D eigenvalue weighted by atomic mass is 9.97. The van der Waals surface area contributed by atoms with Gasteiger partial charge in [-0.3, -0.25) is 19.4 Å². The molecule has 0 aliphatic heterocycles. The standard InChI is InChI=1S/C18H26N2O5/c1-18(2,3)25-17(24)14(12-13-8-5-4-6-9-13)16(23)20(19)11-7-10-15(21)22/h4-6,8-9,14H,7,10-12,19H2,1-3H3,(H,21,22). The first-order valence-corrected chi connectivity index (χ1v) is 8.15. The van der Waals surface area contributed by atoms with Gasteiger partial charge in [0.2, 0.25) is 0 Å². The molecule has 138 valence electrons. The van der Waals surface area contributed by atoms with Crippen molar-refractivity contribution in [1.29, 1.82) is 0 Å². The number of nitrogens with zero attached hydrogens (tertiary/aromatic N) is 1. The summed E-state index contributed by atoms with van der Waals surface area (Å²) < 4.78 is 5.35. The summed E-state index contributed by atoms with van der Waals surface area (Å²) in [4.78, 5) is 35.6. The first kappa shape index (κ1) is 20.6. The number of benzene rings is 1. The summed E-state index contributed by atoms with van der Waals surface area (Å²) in [6.45, 7) is 5.23. The number of nitrogens with two attached hydrogens (primary N) is 1. The monoisotopic (exact) mass is 350 g/mol. The van der Waals surface area contributed by atoms with E-state index < -0.39 is 29.4 Å². The molecule has 1 aromatic carbocycles. The summed E-state index contributed by atoms with van der Waals surface area (Å²) in [5, 5.41) is 9.57. The normalized spacial score (nSPS) is 12.3. The Bertz CT molecular complexity index is 595. The summed E-state index contributed by atoms with van der Waals surface area (Å²) in [5.74, 6) is 2.48. The second-order valence-electron chi connectivity index (χ2n) is 6.80. The molecule has 3 N–H and O–H groups in total. The van der Waals surface area contributed by atoms with E-state index in [1.165, 1.54) is 0 Å². The number of ether oxygens (including phenoxy) is 1. The fraction of sp³-hybridized carbons (Fsp3) is 0.500. The molecule has 25 heavy (non-hydrogen) atoms. The Kier molecular flexibility index (Phi) is 7.57. The van der Waals surface area contributed by atoms with Crippen LogP contribution in [0.1, 0.15) is 39.2 Å². The Balaban J connectivity index is 2.86. The van der Waals surface area contributed by atoms with Crippen LogP contribution in [0.25, 0.3) is 0 Å². The second-order valence-corrected chi connectivity index (χ2v) is 6.80. The van der Waals surface area contributed by atoms with Crippen molar-refractivity contribution in [3.63, 3.8) is 0 Å². The topological polar surface area (TPSA) is 110 Å². The highest BCUT2D eigenvalue weighted by atomic mass is 16.6. The average Bonchev–Trinajstić information content (AvgIpc) is 2.50. The summed E-state index contributed by atoms with van der Waals surface area (Å²) >= 11 is 0. The quantitative estimate of drug-likeness (QED) is 0.243. The van der Waals surface area contributed by atoms with E-state index in [1.54, 1.807) is 20.8 Å². The number of carbonyl (C=O) groups is 3. The number of aliphatic carboxylic acids is 1. The number of rotatable bonds is 8. The average molecular weight is 350 g/mol. The molecule has 1 unspecified atom stereocenters. The lowest BCUT2D eigenvalue weighted by molar-refractivity contribution is -0.165. The Morgan fingerprint density at radius 3 is 2.32 bits per heavy atom. The third-order valence-electron chi connectivity index (χ3n) is 3.34. The maximum atomic E-state index is 12.6. The van der Waals surface area contributed by atoms with Gasteiger partial charge in [-0.1, -0.05) is 30.3 Å². The van der Waals surface area contributed by atoms with E-state index in [2.05, 4.69) is 0 Å². The fourth-order valence-corrected chi connectivity index (χ4v) is 2.21. The van der Waals surface area contributed by atoms with E-state index in [0.717, 1.165) is 10.6 Å². The summed E-state index contributed by atoms with van der Waals surface area (Å²) in [6, 6.07) is 9.11. The SMILES string of the molecule is CC(C)(C)OC(=O)C(Cc1ccccc1)C(=O)N(N)CCCC(=O)O. The summed E-state index contributed by atoms with van der Waals surface area (Å²) in [6.07, 6.45) is 0.280. The third kappa shape index (κ3) is 7.80. The van der Waals surface area contributed by atoms with Crippen LogP contribution in [0, 0.1) is 5.92 Å². The molecule has 7 nitrogen and oxygen atoms in total. The molecule has 0 spiro atoms. The molecule has 0 heterocycles. The number of carbonyl (C=O) groups excluding carboxylic acids is 2. The maximum Gasteiger partial charge on any atom is 0.319 e. The molecule has 1 rings (SSSR count). The molecule has 0 fully saturated rings. The highest BCUT2D eigenvalue weighted by Crippen LogP contribution is 2.17. The first-order valence-electron chi connectivity index (χ1n) is 8.15. The molecule has 1 amide bonds. The minimum atomic E-state index is -1.07. The van der Waals surface area contributed by atoms with Crippen molar-refractivity contribution < 1.29 is 24.2 Å². The van der Waals surface area contributed by atoms with Crippen LogP contribution in [0.5, 0.6) is 0 Å². The Morgan fingerprint density at radius 1 is 1.20 bits per heavy atom. The molecular weight excluding hydrogens is 324 g/mol. The van der Waals surface area contributed by atoms with Crippen LogP contribution in [0.4, 0.5) is 0 Å². The largest absolute Gasteiger partial charge is 0.481 e. The van der Waals surface area contributed by atoms with Gasteiger partial charge < -0.3 is 9.84 Å². The number of carboxylic acids is 1. The van der Waals surface area contributed by atoms with Crippen LogP contribution >= 0.6 is 0 Å². The van der Waals surface area contributed by atoms with Gasteiger partial charge in [0, 0.05) is 13.0 Å². The molecule has 1 atom stereocenters. The van der Waals surface area contributed by atoms with Gasteiger partial charge >= 0.3 is 11.9 Å². The zero-order chi connectivity index (χ0) is 19.0. The predicted octanol–water partition coefficient (Wildman–Crippen LogP) is 1.75. The van der Waals surface area contributed by atoms with E-state index >= 15 is 0 Å². The number of amides is 1. The van der Waals surface area contributed by atoms with Crippen molar-refractivity contribution in [2.24, 2.45) is 11.8 Å². The van der Waals surface area contributed by atoms with Crippen molar-refractivity contribution >= 4 is 17.8 Å². The molecular formula is C18H26N2O5. The highest BCUT2D eigenvalue weighted by Gasteiger charge is 2.33. The lowest BCUT2D eigenvalue weighted by Gasteiger charge is -2.26. The van der Waals surface area contributed by atoms with Crippen molar-refractivity contribution in [3.05, 3.63) is 35.9 Å². The predicted molar refractivity (Wildman–Crippen MR) is 92.3 cm³/mol. The van der Waals surface area contributed by atoms with Crippen molar-refractivity contribution in [2.45, 2.75) is 45.6 Å². The highest BCUT2D eigenvalue weighted by molar-refractivity contribution is 5.98. The van der Waals surface area contributed by atoms with Gasteiger partial charge in [0.05, 0.1) is 0 Å². The lowest BCUT2D eigenvalue weighted by Crippen LogP contribution is -2.46. The van der Waals surface area contributed by atoms with Gasteiger partial charge in [0.25, 0.3) is 5.91 Å². The van der Waals surface area contributed by atoms with E-state index in [1.807, 2.05) is 30.3 Å². The molecule has 0 bridgehead atoms. The van der Waals surface area contributed by atoms with Crippen molar-refractivity contribution in [1.82, 2.24) is 5.01 Å². The van der Waals surface area contributed by atoms with Crippen LogP contribution in [-0.4, -0.2) is 40.1 Å². The number of hydrazine groups is 1. The van der Waals surface area contributed by atoms with E-state index in [0.29, 0.717) is 0 Å². The van der Waals surface area contributed by atoms with Gasteiger partial charge in [-0.2, -0.15) is 0 Å². The van der Waals surface area contributed by atoms with E-state index in [-0.39, 0.29) is 25.8 Å². The van der Waals surface area contributed by atoms with Crippen LogP contribution < -0.4 is 5.84 Å². The Hall–Kier alpha value is -2.41. The molecule has 0 aromatic heterocycles. The van der Waals surface area contributed by atoms with Crippen LogP contribution in [-0.2, 0) is 25.5 Å². The molecule has 1 aromatic rings. The Labute approximate surface area is 147 Å². The molecule has 0 aliphatic rings. The van der Waals surface area contributed by atoms with E-state index in [4.69, 9.17) is 15.7 Å². The minimum absolute atomic E-state index is 0.0548.